The molecule has 0 unspecified atom stereocenters. The Bertz CT molecular complexity index is 1050. The monoisotopic (exact) mass is 327 g/mol. The molecule has 0 atom stereocenters. The average Bonchev–Trinajstić information content (AvgIpc) is 3.10. The van der Waals surface area contributed by atoms with Crippen molar-refractivity contribution < 1.29 is 13.6 Å². The van der Waals surface area contributed by atoms with E-state index < -0.39 is 11.7 Å². The highest BCUT2D eigenvalue weighted by Crippen LogP contribution is 2.31. The molecule has 5 nitrogen and oxygen atoms in total. The molecule has 2 aromatic heterocycles. The lowest BCUT2D eigenvalue weighted by atomic mass is 10.2. The molecule has 0 radical (unpaired) electrons. The highest BCUT2D eigenvalue weighted by molar-refractivity contribution is 7.22. The topological polar surface area (TPSA) is 81.2 Å². The summed E-state index contributed by atoms with van der Waals surface area (Å²) >= 11 is 1.18. The van der Waals surface area contributed by atoms with E-state index in [4.69, 9.17) is 10.2 Å². The summed E-state index contributed by atoms with van der Waals surface area (Å²) < 4.78 is 19.8. The molecular formula is C16H10FN3O2S. The fourth-order valence-corrected chi connectivity index (χ4v) is 3.23. The molecule has 0 saturated carbocycles. The zero-order valence-corrected chi connectivity index (χ0v) is 12.5. The summed E-state index contributed by atoms with van der Waals surface area (Å²) in [5.74, 6) is -0.924. The van der Waals surface area contributed by atoms with Crippen molar-refractivity contribution in [3.05, 3.63) is 54.0 Å². The van der Waals surface area contributed by atoms with E-state index in [-0.39, 0.29) is 22.1 Å². The van der Waals surface area contributed by atoms with Gasteiger partial charge in [-0.3, -0.25) is 10.1 Å². The first-order valence-electron chi connectivity index (χ1n) is 6.77. The van der Waals surface area contributed by atoms with Gasteiger partial charge < -0.3 is 10.2 Å². The van der Waals surface area contributed by atoms with Gasteiger partial charge in [0.05, 0.1) is 10.4 Å². The van der Waals surface area contributed by atoms with Crippen LogP contribution >= 0.6 is 11.3 Å². The first kappa shape index (κ1) is 13.7. The molecular weight excluding hydrogens is 317 g/mol. The van der Waals surface area contributed by atoms with E-state index in [9.17, 15) is 9.18 Å². The molecule has 0 aliphatic heterocycles. The van der Waals surface area contributed by atoms with Crippen LogP contribution in [0.1, 0.15) is 10.6 Å². The number of halogens is 1. The minimum atomic E-state index is -0.516. The molecule has 23 heavy (non-hydrogen) atoms. The number of anilines is 2. The van der Waals surface area contributed by atoms with Crippen LogP contribution < -0.4 is 11.1 Å². The van der Waals surface area contributed by atoms with Crippen molar-refractivity contribution in [2.45, 2.75) is 0 Å². The number of aromatic nitrogens is 1. The number of benzene rings is 2. The van der Waals surface area contributed by atoms with Gasteiger partial charge in [-0.05, 0) is 24.3 Å². The van der Waals surface area contributed by atoms with Crippen molar-refractivity contribution in [3.63, 3.8) is 0 Å². The lowest BCUT2D eigenvalue weighted by Crippen LogP contribution is -2.12. The van der Waals surface area contributed by atoms with E-state index in [1.807, 2.05) is 6.07 Å². The first-order valence-corrected chi connectivity index (χ1v) is 7.58. The minimum absolute atomic E-state index is 0.0194. The van der Waals surface area contributed by atoms with Crippen molar-refractivity contribution in [2.24, 2.45) is 0 Å². The highest BCUT2D eigenvalue weighted by atomic mass is 32.1. The van der Waals surface area contributed by atoms with Crippen molar-refractivity contribution in [2.75, 3.05) is 11.1 Å². The van der Waals surface area contributed by atoms with Crippen LogP contribution in [0.4, 0.5) is 15.2 Å². The lowest BCUT2D eigenvalue weighted by molar-refractivity contribution is 0.1000. The number of thiazole rings is 1. The maximum atomic E-state index is 13.7. The highest BCUT2D eigenvalue weighted by Gasteiger charge is 2.20. The second-order valence-corrected chi connectivity index (χ2v) is 5.93. The zero-order valence-electron chi connectivity index (χ0n) is 11.7. The fraction of sp³-hybridized carbons (Fsp3) is 0. The molecule has 0 saturated heterocycles. The number of furan rings is 1. The summed E-state index contributed by atoms with van der Waals surface area (Å²) in [5, 5.41) is 3.57. The summed E-state index contributed by atoms with van der Waals surface area (Å²) in [6.45, 7) is 0. The maximum Gasteiger partial charge on any atom is 0.295 e. The fourth-order valence-electron chi connectivity index (χ4n) is 2.36. The lowest BCUT2D eigenvalue weighted by Gasteiger charge is -1.98. The van der Waals surface area contributed by atoms with Crippen LogP contribution in [0.25, 0.3) is 21.2 Å². The SMILES string of the molecule is Nc1c(C(=O)Nc2nc3c(F)cccc3s2)oc2ccccc12. The number of fused-ring (bicyclic) bond motifs is 2. The van der Waals surface area contributed by atoms with Crippen LogP contribution in [-0.4, -0.2) is 10.9 Å². The first-order chi connectivity index (χ1) is 11.1. The van der Waals surface area contributed by atoms with Crippen LogP contribution in [0, 0.1) is 5.82 Å². The van der Waals surface area contributed by atoms with Gasteiger partial charge in [-0.1, -0.05) is 29.5 Å². The van der Waals surface area contributed by atoms with E-state index in [0.29, 0.717) is 15.7 Å². The molecule has 1 amide bonds. The molecule has 114 valence electrons. The zero-order chi connectivity index (χ0) is 16.0. The number of carbonyl (C=O) groups is 1. The largest absolute Gasteiger partial charge is 0.449 e. The number of hydrogen-bond donors (Lipinski definition) is 2. The number of nitrogens with one attached hydrogen (secondary N) is 1. The van der Waals surface area contributed by atoms with Gasteiger partial charge in [0.1, 0.15) is 16.9 Å². The second kappa shape index (κ2) is 5.06. The van der Waals surface area contributed by atoms with Gasteiger partial charge in [-0.15, -0.1) is 0 Å². The summed E-state index contributed by atoms with van der Waals surface area (Å²) in [6.07, 6.45) is 0. The van der Waals surface area contributed by atoms with Gasteiger partial charge in [0.25, 0.3) is 5.91 Å². The Morgan fingerprint density at radius 1 is 1.22 bits per heavy atom. The predicted octanol–water partition coefficient (Wildman–Crippen LogP) is 4.02. The predicted molar refractivity (Wildman–Crippen MR) is 88.2 cm³/mol. The molecule has 0 aliphatic rings. The van der Waals surface area contributed by atoms with Gasteiger partial charge in [0, 0.05) is 5.39 Å². The van der Waals surface area contributed by atoms with Crippen LogP contribution in [0.2, 0.25) is 0 Å². The number of para-hydroxylation sites is 2. The van der Waals surface area contributed by atoms with E-state index in [2.05, 4.69) is 10.3 Å². The smallest absolute Gasteiger partial charge is 0.295 e. The Kier molecular flexibility index (Phi) is 3.02. The number of nitrogens with two attached hydrogens (primary N) is 1. The Balaban J connectivity index is 1.70. The third-order valence-corrected chi connectivity index (χ3v) is 4.37. The Labute approximate surface area is 133 Å². The van der Waals surface area contributed by atoms with E-state index >= 15 is 0 Å². The quantitative estimate of drug-likeness (QED) is 0.583. The second-order valence-electron chi connectivity index (χ2n) is 4.90. The third-order valence-electron chi connectivity index (χ3n) is 3.43. The molecule has 0 aliphatic carbocycles. The van der Waals surface area contributed by atoms with Gasteiger partial charge in [-0.25, -0.2) is 9.37 Å². The van der Waals surface area contributed by atoms with E-state index in [1.54, 1.807) is 30.3 Å². The normalized spacial score (nSPS) is 11.2. The van der Waals surface area contributed by atoms with Crippen LogP contribution in [0.3, 0.4) is 0 Å². The summed E-state index contributed by atoms with van der Waals surface area (Å²) in [7, 11) is 0. The Morgan fingerprint density at radius 2 is 2.04 bits per heavy atom. The molecule has 3 N–H and O–H groups in total. The number of rotatable bonds is 2. The number of hydrogen-bond acceptors (Lipinski definition) is 5. The molecule has 2 aromatic carbocycles. The number of nitrogens with zero attached hydrogens (tertiary/aromatic N) is 1. The Morgan fingerprint density at radius 3 is 2.83 bits per heavy atom. The van der Waals surface area contributed by atoms with Crippen molar-refractivity contribution >= 4 is 49.2 Å². The number of carbonyl (C=O) groups excluding carboxylic acids is 1. The number of amides is 1. The minimum Gasteiger partial charge on any atom is -0.449 e. The van der Waals surface area contributed by atoms with Gasteiger partial charge in [0.2, 0.25) is 5.76 Å². The van der Waals surface area contributed by atoms with Crippen molar-refractivity contribution in [1.29, 1.82) is 0 Å². The van der Waals surface area contributed by atoms with Crippen LogP contribution in [0.15, 0.2) is 46.9 Å². The van der Waals surface area contributed by atoms with Crippen molar-refractivity contribution in [3.8, 4) is 0 Å². The Hall–Kier alpha value is -2.93. The van der Waals surface area contributed by atoms with E-state index in [0.717, 1.165) is 0 Å². The summed E-state index contributed by atoms with van der Waals surface area (Å²) in [4.78, 5) is 16.4. The molecule has 2 heterocycles. The molecule has 0 bridgehead atoms. The molecule has 0 spiro atoms. The van der Waals surface area contributed by atoms with E-state index in [1.165, 1.54) is 17.4 Å². The van der Waals surface area contributed by atoms with Crippen LogP contribution in [0.5, 0.6) is 0 Å². The molecule has 7 heteroatoms. The van der Waals surface area contributed by atoms with Crippen LogP contribution in [-0.2, 0) is 0 Å². The molecule has 4 aromatic rings. The van der Waals surface area contributed by atoms with Crippen molar-refractivity contribution in [1.82, 2.24) is 4.98 Å². The molecule has 0 fully saturated rings. The maximum absolute atomic E-state index is 13.7. The summed E-state index contributed by atoms with van der Waals surface area (Å²) in [5.41, 5.74) is 6.99. The van der Waals surface area contributed by atoms with Gasteiger partial charge in [0.15, 0.2) is 5.13 Å². The average molecular weight is 327 g/mol. The number of nitrogen functional groups attached to an aromatic ring is 1. The standard InChI is InChI=1S/C16H10FN3O2S/c17-9-5-3-7-11-13(9)19-16(23-11)20-15(21)14-12(18)8-4-1-2-6-10(8)22-14/h1-7H,18H2,(H,19,20,21). The molecule has 4 rings (SSSR count). The van der Waals surface area contributed by atoms with Gasteiger partial charge >= 0.3 is 0 Å². The summed E-state index contributed by atoms with van der Waals surface area (Å²) in [6, 6.07) is 11.8. The van der Waals surface area contributed by atoms with Gasteiger partial charge in [-0.2, -0.15) is 0 Å². The third kappa shape index (κ3) is 2.22.